The summed E-state index contributed by atoms with van der Waals surface area (Å²) in [6.45, 7) is 2.64. The van der Waals surface area contributed by atoms with Gasteiger partial charge in [-0.3, -0.25) is 14.5 Å². The quantitative estimate of drug-likeness (QED) is 0.598. The van der Waals surface area contributed by atoms with Gasteiger partial charge >= 0.3 is 11.9 Å². The number of para-hydroxylation sites is 1. The number of nitrogens with one attached hydrogen (secondary N) is 2. The number of fused-ring (bicyclic) bond motifs is 1. The molecule has 2 aromatic carbocycles. The number of aliphatic imine (C=N–C) groups is 1. The Kier molecular flexibility index (Phi) is 6.89. The van der Waals surface area contributed by atoms with Crippen molar-refractivity contribution in [2.75, 3.05) is 18.5 Å². The number of esters is 2. The number of amides is 1. The van der Waals surface area contributed by atoms with Gasteiger partial charge in [0.05, 0.1) is 22.8 Å². The van der Waals surface area contributed by atoms with Crippen molar-refractivity contribution in [3.63, 3.8) is 0 Å². The summed E-state index contributed by atoms with van der Waals surface area (Å²) < 4.78 is 36.5. The summed E-state index contributed by atoms with van der Waals surface area (Å²) >= 11 is 0. The molecule has 1 aliphatic rings. The van der Waals surface area contributed by atoms with Crippen molar-refractivity contribution in [3.8, 4) is 0 Å². The van der Waals surface area contributed by atoms with Crippen molar-refractivity contribution in [1.82, 2.24) is 4.72 Å². The molecule has 32 heavy (non-hydrogen) atoms. The highest BCUT2D eigenvalue weighted by atomic mass is 32.2. The Morgan fingerprint density at radius 1 is 1.06 bits per heavy atom. The van der Waals surface area contributed by atoms with E-state index in [4.69, 9.17) is 9.47 Å². The van der Waals surface area contributed by atoms with Crippen LogP contribution in [0.1, 0.15) is 29.8 Å². The van der Waals surface area contributed by atoms with Crippen LogP contribution in [0.25, 0.3) is 0 Å². The third-order valence-corrected chi connectivity index (χ3v) is 5.77. The fourth-order valence-corrected chi connectivity index (χ4v) is 4.14. The summed E-state index contributed by atoms with van der Waals surface area (Å²) in [4.78, 5) is 40.6. The number of anilines is 1. The lowest BCUT2D eigenvalue weighted by Gasteiger charge is -2.11. The van der Waals surface area contributed by atoms with Crippen LogP contribution in [0.2, 0.25) is 0 Å². The van der Waals surface area contributed by atoms with E-state index in [0.717, 1.165) is 0 Å². The highest BCUT2D eigenvalue weighted by molar-refractivity contribution is 7.90. The molecule has 168 valence electrons. The monoisotopic (exact) mass is 459 g/mol. The number of ether oxygens (including phenoxy) is 2. The van der Waals surface area contributed by atoms with Crippen molar-refractivity contribution in [2.45, 2.75) is 24.8 Å². The van der Waals surface area contributed by atoms with E-state index in [1.165, 1.54) is 25.1 Å². The van der Waals surface area contributed by atoms with Crippen LogP contribution in [0, 0.1) is 0 Å². The molecule has 1 aliphatic heterocycles. The Bertz CT molecular complexity index is 1190. The van der Waals surface area contributed by atoms with Gasteiger partial charge < -0.3 is 14.8 Å². The molecule has 3 rings (SSSR count). The molecule has 0 bridgehead atoms. The maximum atomic E-state index is 12.3. The first-order valence-corrected chi connectivity index (χ1v) is 11.1. The maximum Gasteiger partial charge on any atom is 0.340 e. The van der Waals surface area contributed by atoms with Gasteiger partial charge in [0.25, 0.3) is 15.9 Å². The van der Waals surface area contributed by atoms with Crippen LogP contribution in [-0.2, 0) is 29.1 Å². The minimum Gasteiger partial charge on any atom is -0.462 e. The van der Waals surface area contributed by atoms with E-state index in [-0.39, 0.29) is 28.6 Å². The Labute approximate surface area is 184 Å². The van der Waals surface area contributed by atoms with Crippen LogP contribution in [-0.4, -0.2) is 51.4 Å². The zero-order valence-electron chi connectivity index (χ0n) is 17.3. The van der Waals surface area contributed by atoms with Gasteiger partial charge in [-0.25, -0.2) is 18.0 Å². The summed E-state index contributed by atoms with van der Waals surface area (Å²) in [6, 6.07) is 11.4. The van der Waals surface area contributed by atoms with E-state index in [9.17, 15) is 22.8 Å². The SMILES string of the molecule is CCOC(=O)c1ccccc1NC(=O)COC(=O)[C@@H](C)N=C1NS(=O)(=O)c2ccccc21. The van der Waals surface area contributed by atoms with Crippen LogP contribution in [0.5, 0.6) is 0 Å². The molecule has 0 saturated heterocycles. The van der Waals surface area contributed by atoms with Crippen molar-refractivity contribution < 1.29 is 32.3 Å². The summed E-state index contributed by atoms with van der Waals surface area (Å²) in [7, 11) is -3.74. The molecule has 2 aromatic rings. The van der Waals surface area contributed by atoms with Crippen molar-refractivity contribution >= 4 is 39.4 Å². The third kappa shape index (κ3) is 5.11. The van der Waals surface area contributed by atoms with E-state index >= 15 is 0 Å². The summed E-state index contributed by atoms with van der Waals surface area (Å²) in [5.41, 5.74) is 0.735. The van der Waals surface area contributed by atoms with Crippen LogP contribution in [0.4, 0.5) is 5.69 Å². The number of nitrogens with zero attached hydrogens (tertiary/aromatic N) is 1. The molecule has 1 atom stereocenters. The Balaban J connectivity index is 1.62. The van der Waals surface area contributed by atoms with Crippen LogP contribution >= 0.6 is 0 Å². The molecular weight excluding hydrogens is 438 g/mol. The van der Waals surface area contributed by atoms with Crippen molar-refractivity contribution in [3.05, 3.63) is 59.7 Å². The number of hydrogen-bond acceptors (Lipinski definition) is 8. The number of amidine groups is 1. The molecule has 10 nitrogen and oxygen atoms in total. The van der Waals surface area contributed by atoms with Crippen molar-refractivity contribution in [2.24, 2.45) is 4.99 Å². The standard InChI is InChI=1S/C21H21N3O7S/c1-3-30-21(27)14-8-4-6-10-16(14)23-18(25)12-31-20(26)13(2)22-19-15-9-5-7-11-17(15)32(28,29)24-19/h4-11,13H,3,12H2,1-2H3,(H,22,24)(H,23,25)/t13-/m1/s1. The van der Waals surface area contributed by atoms with Gasteiger partial charge in [0.1, 0.15) is 11.9 Å². The summed E-state index contributed by atoms with van der Waals surface area (Å²) in [5, 5.41) is 2.50. The van der Waals surface area contributed by atoms with Crippen LogP contribution in [0.3, 0.4) is 0 Å². The van der Waals surface area contributed by atoms with Gasteiger partial charge in [-0.1, -0.05) is 24.3 Å². The molecule has 0 fully saturated rings. The number of sulfonamides is 1. The number of carbonyl (C=O) groups is 3. The Morgan fingerprint density at radius 2 is 1.75 bits per heavy atom. The smallest absolute Gasteiger partial charge is 0.340 e. The third-order valence-electron chi connectivity index (χ3n) is 4.37. The fraction of sp³-hybridized carbons (Fsp3) is 0.238. The molecule has 1 amide bonds. The first-order valence-electron chi connectivity index (χ1n) is 9.65. The van der Waals surface area contributed by atoms with Gasteiger partial charge in [-0.15, -0.1) is 0 Å². The van der Waals surface area contributed by atoms with Gasteiger partial charge in [0, 0.05) is 5.56 Å². The molecule has 0 saturated carbocycles. The first kappa shape index (κ1) is 22.9. The molecule has 2 N–H and O–H groups in total. The van der Waals surface area contributed by atoms with E-state index in [0.29, 0.717) is 5.56 Å². The molecule has 0 aliphatic carbocycles. The van der Waals surface area contributed by atoms with Gasteiger partial charge in [0.2, 0.25) is 0 Å². The van der Waals surface area contributed by atoms with E-state index < -0.39 is 40.5 Å². The lowest BCUT2D eigenvalue weighted by Crippen LogP contribution is -2.29. The highest BCUT2D eigenvalue weighted by Gasteiger charge is 2.31. The highest BCUT2D eigenvalue weighted by Crippen LogP contribution is 2.22. The number of benzene rings is 2. The zero-order chi connectivity index (χ0) is 23.3. The maximum absolute atomic E-state index is 12.3. The Morgan fingerprint density at radius 3 is 2.50 bits per heavy atom. The number of hydrogen-bond donors (Lipinski definition) is 2. The predicted molar refractivity (Wildman–Crippen MR) is 115 cm³/mol. The number of carbonyl (C=O) groups excluding carboxylic acids is 3. The Hall–Kier alpha value is -3.73. The van der Waals surface area contributed by atoms with E-state index in [2.05, 4.69) is 15.0 Å². The predicted octanol–water partition coefficient (Wildman–Crippen LogP) is 1.47. The van der Waals surface area contributed by atoms with E-state index in [1.54, 1.807) is 37.3 Å². The topological polar surface area (TPSA) is 140 Å². The van der Waals surface area contributed by atoms with Gasteiger partial charge in [0.15, 0.2) is 6.61 Å². The van der Waals surface area contributed by atoms with Gasteiger partial charge in [-0.2, -0.15) is 0 Å². The second-order valence-corrected chi connectivity index (χ2v) is 8.33. The molecule has 1 heterocycles. The molecular formula is C21H21N3O7S. The average molecular weight is 459 g/mol. The fourth-order valence-electron chi connectivity index (χ4n) is 2.90. The molecule has 0 spiro atoms. The number of rotatable bonds is 7. The molecule has 0 aromatic heterocycles. The first-order chi connectivity index (χ1) is 15.2. The molecule has 11 heteroatoms. The minimum absolute atomic E-state index is 0.0258. The largest absolute Gasteiger partial charge is 0.462 e. The lowest BCUT2D eigenvalue weighted by atomic mass is 10.2. The second-order valence-electron chi connectivity index (χ2n) is 6.68. The van der Waals surface area contributed by atoms with Crippen LogP contribution < -0.4 is 10.0 Å². The minimum atomic E-state index is -3.74. The zero-order valence-corrected chi connectivity index (χ0v) is 18.1. The van der Waals surface area contributed by atoms with Gasteiger partial charge in [-0.05, 0) is 38.1 Å². The van der Waals surface area contributed by atoms with Crippen molar-refractivity contribution in [1.29, 1.82) is 0 Å². The van der Waals surface area contributed by atoms with Crippen LogP contribution in [0.15, 0.2) is 58.4 Å². The average Bonchev–Trinajstić information content (AvgIpc) is 3.02. The molecule has 0 unspecified atom stereocenters. The second kappa shape index (κ2) is 9.60. The summed E-state index contributed by atoms with van der Waals surface area (Å²) in [6.07, 6.45) is 0. The normalized spacial score (nSPS) is 15.9. The van der Waals surface area contributed by atoms with E-state index in [1.807, 2.05) is 0 Å². The molecule has 0 radical (unpaired) electrons. The lowest BCUT2D eigenvalue weighted by molar-refractivity contribution is -0.148. The summed E-state index contributed by atoms with van der Waals surface area (Å²) in [5.74, 6) is -2.06.